The molecule has 2 aromatic rings. The number of hydrogen-bond acceptors (Lipinski definition) is 5. The highest BCUT2D eigenvalue weighted by atomic mass is 35.5. The molecule has 0 bridgehead atoms. The van der Waals surface area contributed by atoms with Gasteiger partial charge in [-0.1, -0.05) is 31.7 Å². The molecule has 2 heterocycles. The molecule has 8 heteroatoms. The molecular formula is C18H27Cl2N3O2S. The molecule has 0 spiro atoms. The zero-order valence-corrected chi connectivity index (χ0v) is 17.2. The van der Waals surface area contributed by atoms with Gasteiger partial charge in [0.15, 0.2) is 0 Å². The van der Waals surface area contributed by atoms with Gasteiger partial charge in [0, 0.05) is 19.1 Å². The standard InChI is InChI=1S/C18H25N3O2S.2ClH/c22-17(20-10-9-19-14-6-3-1-2-4-7-14)12-15-13-23-18(21-15)16-8-5-11-24-16;;/h5,8,11,13-14,19H,1-4,6-7,9-10,12H2,(H,20,22);2*1H. The Kier molecular flexibility index (Phi) is 10.9. The Morgan fingerprint density at radius 3 is 2.65 bits per heavy atom. The van der Waals surface area contributed by atoms with Crippen LogP contribution in [0.25, 0.3) is 10.8 Å². The summed E-state index contributed by atoms with van der Waals surface area (Å²) in [6, 6.07) is 4.53. The highest BCUT2D eigenvalue weighted by Crippen LogP contribution is 2.23. The second kappa shape index (κ2) is 12.3. The van der Waals surface area contributed by atoms with Crippen LogP contribution in [0.5, 0.6) is 0 Å². The van der Waals surface area contributed by atoms with Crippen molar-refractivity contribution in [2.45, 2.75) is 51.0 Å². The van der Waals surface area contributed by atoms with Crippen LogP contribution >= 0.6 is 36.2 Å². The summed E-state index contributed by atoms with van der Waals surface area (Å²) in [7, 11) is 0. The summed E-state index contributed by atoms with van der Waals surface area (Å²) in [6.45, 7) is 1.49. The Balaban J connectivity index is 0.00000169. The van der Waals surface area contributed by atoms with E-state index in [0.29, 0.717) is 24.2 Å². The molecular weight excluding hydrogens is 393 g/mol. The summed E-state index contributed by atoms with van der Waals surface area (Å²) in [5, 5.41) is 8.49. The molecule has 1 saturated carbocycles. The molecule has 5 nitrogen and oxygen atoms in total. The fourth-order valence-corrected chi connectivity index (χ4v) is 3.75. The van der Waals surface area contributed by atoms with Crippen molar-refractivity contribution in [3.8, 4) is 10.8 Å². The normalized spacial score (nSPS) is 14.8. The Bertz CT molecular complexity index is 626. The fraction of sp³-hybridized carbons (Fsp3) is 0.556. The summed E-state index contributed by atoms with van der Waals surface area (Å²) < 4.78 is 5.43. The summed E-state index contributed by atoms with van der Waals surface area (Å²) in [5.74, 6) is 0.575. The van der Waals surface area contributed by atoms with Crippen molar-refractivity contribution in [3.05, 3.63) is 29.5 Å². The third-order valence-electron chi connectivity index (χ3n) is 4.36. The van der Waals surface area contributed by atoms with Crippen molar-refractivity contribution >= 4 is 42.1 Å². The van der Waals surface area contributed by atoms with Crippen molar-refractivity contribution in [1.82, 2.24) is 15.6 Å². The van der Waals surface area contributed by atoms with E-state index in [4.69, 9.17) is 4.42 Å². The molecule has 1 aliphatic carbocycles. The summed E-state index contributed by atoms with van der Waals surface area (Å²) in [6.07, 6.45) is 9.72. The summed E-state index contributed by atoms with van der Waals surface area (Å²) >= 11 is 1.57. The Hall–Kier alpha value is -1.08. The zero-order valence-electron chi connectivity index (χ0n) is 14.7. The number of hydrogen-bond donors (Lipinski definition) is 2. The average Bonchev–Trinajstić information content (AvgIpc) is 3.19. The molecule has 1 aliphatic rings. The van der Waals surface area contributed by atoms with Crippen molar-refractivity contribution < 1.29 is 9.21 Å². The predicted molar refractivity (Wildman–Crippen MR) is 111 cm³/mol. The Labute approximate surface area is 171 Å². The lowest BCUT2D eigenvalue weighted by molar-refractivity contribution is -0.120. The molecule has 2 aromatic heterocycles. The number of nitrogens with zero attached hydrogens (tertiary/aromatic N) is 1. The molecule has 146 valence electrons. The Morgan fingerprint density at radius 1 is 1.19 bits per heavy atom. The van der Waals surface area contributed by atoms with Crippen LogP contribution in [0.1, 0.15) is 44.2 Å². The molecule has 0 aliphatic heterocycles. The van der Waals surface area contributed by atoms with Crippen molar-refractivity contribution in [1.29, 1.82) is 0 Å². The van der Waals surface area contributed by atoms with Crippen LogP contribution < -0.4 is 10.6 Å². The van der Waals surface area contributed by atoms with Gasteiger partial charge in [0.25, 0.3) is 0 Å². The average molecular weight is 420 g/mol. The highest BCUT2D eigenvalue weighted by molar-refractivity contribution is 7.13. The van der Waals surface area contributed by atoms with Crippen LogP contribution in [0.2, 0.25) is 0 Å². The third-order valence-corrected chi connectivity index (χ3v) is 5.22. The maximum Gasteiger partial charge on any atom is 0.236 e. The van der Waals surface area contributed by atoms with Gasteiger partial charge in [0.05, 0.1) is 17.0 Å². The van der Waals surface area contributed by atoms with E-state index in [0.717, 1.165) is 11.4 Å². The van der Waals surface area contributed by atoms with Crippen LogP contribution in [-0.2, 0) is 11.2 Å². The number of carbonyl (C=O) groups excluding carboxylic acids is 1. The number of nitrogens with one attached hydrogen (secondary N) is 2. The minimum atomic E-state index is -0.0105. The second-order valence-electron chi connectivity index (χ2n) is 6.29. The summed E-state index contributed by atoms with van der Waals surface area (Å²) in [4.78, 5) is 17.3. The highest BCUT2D eigenvalue weighted by Gasteiger charge is 2.12. The molecule has 1 amide bonds. The van der Waals surface area contributed by atoms with E-state index in [9.17, 15) is 4.79 Å². The predicted octanol–water partition coefficient (Wildman–Crippen LogP) is 4.22. The van der Waals surface area contributed by atoms with E-state index < -0.39 is 0 Å². The minimum absolute atomic E-state index is 0. The van der Waals surface area contributed by atoms with Gasteiger partial charge in [-0.2, -0.15) is 0 Å². The lowest BCUT2D eigenvalue weighted by atomic mass is 10.1. The number of carbonyl (C=O) groups is 1. The number of amides is 1. The first-order valence-corrected chi connectivity index (χ1v) is 9.67. The molecule has 0 aromatic carbocycles. The first-order valence-electron chi connectivity index (χ1n) is 8.79. The quantitative estimate of drug-likeness (QED) is 0.520. The largest absolute Gasteiger partial charge is 0.444 e. The topological polar surface area (TPSA) is 67.2 Å². The van der Waals surface area contributed by atoms with E-state index >= 15 is 0 Å². The molecule has 0 unspecified atom stereocenters. The SMILES string of the molecule is Cl.Cl.O=C(Cc1coc(-c2cccs2)n1)NCCNC1CCCCCC1. The minimum Gasteiger partial charge on any atom is -0.444 e. The van der Waals surface area contributed by atoms with Crippen LogP contribution in [-0.4, -0.2) is 30.0 Å². The van der Waals surface area contributed by atoms with E-state index in [-0.39, 0.29) is 37.1 Å². The van der Waals surface area contributed by atoms with Gasteiger partial charge in [-0.25, -0.2) is 4.98 Å². The van der Waals surface area contributed by atoms with Crippen molar-refractivity contribution in [2.75, 3.05) is 13.1 Å². The molecule has 2 N–H and O–H groups in total. The van der Waals surface area contributed by atoms with Crippen LogP contribution in [0.15, 0.2) is 28.2 Å². The van der Waals surface area contributed by atoms with Gasteiger partial charge in [-0.3, -0.25) is 4.79 Å². The second-order valence-corrected chi connectivity index (χ2v) is 7.24. The lowest BCUT2D eigenvalue weighted by Crippen LogP contribution is -2.37. The maximum atomic E-state index is 12.0. The monoisotopic (exact) mass is 419 g/mol. The molecule has 26 heavy (non-hydrogen) atoms. The maximum absolute atomic E-state index is 12.0. The smallest absolute Gasteiger partial charge is 0.236 e. The van der Waals surface area contributed by atoms with E-state index in [1.807, 2.05) is 17.5 Å². The van der Waals surface area contributed by atoms with Gasteiger partial charge >= 0.3 is 0 Å². The van der Waals surface area contributed by atoms with E-state index in [2.05, 4.69) is 15.6 Å². The van der Waals surface area contributed by atoms with E-state index in [1.54, 1.807) is 17.6 Å². The number of thiophene rings is 1. The zero-order chi connectivity index (χ0) is 16.6. The lowest BCUT2D eigenvalue weighted by Gasteiger charge is -2.16. The first kappa shape index (κ1) is 23.0. The van der Waals surface area contributed by atoms with Gasteiger partial charge in [-0.05, 0) is 24.3 Å². The van der Waals surface area contributed by atoms with Gasteiger partial charge in [0.1, 0.15) is 6.26 Å². The Morgan fingerprint density at radius 2 is 1.96 bits per heavy atom. The number of oxazole rings is 1. The first-order chi connectivity index (χ1) is 11.8. The molecule has 1 fully saturated rings. The number of rotatable bonds is 7. The van der Waals surface area contributed by atoms with Crippen molar-refractivity contribution in [3.63, 3.8) is 0 Å². The van der Waals surface area contributed by atoms with Crippen LogP contribution in [0, 0.1) is 0 Å². The van der Waals surface area contributed by atoms with E-state index in [1.165, 1.54) is 38.5 Å². The third kappa shape index (κ3) is 7.27. The number of halogens is 2. The number of aromatic nitrogens is 1. The molecule has 3 rings (SSSR count). The molecule has 0 atom stereocenters. The molecule has 0 radical (unpaired) electrons. The van der Waals surface area contributed by atoms with Gasteiger partial charge in [0.2, 0.25) is 11.8 Å². The van der Waals surface area contributed by atoms with Crippen LogP contribution in [0.3, 0.4) is 0 Å². The van der Waals surface area contributed by atoms with Gasteiger partial charge < -0.3 is 15.1 Å². The van der Waals surface area contributed by atoms with Gasteiger partial charge in [-0.15, -0.1) is 36.2 Å². The van der Waals surface area contributed by atoms with Crippen molar-refractivity contribution in [2.24, 2.45) is 0 Å². The summed E-state index contributed by atoms with van der Waals surface area (Å²) in [5.41, 5.74) is 0.674. The fourth-order valence-electron chi connectivity index (χ4n) is 3.09. The molecule has 0 saturated heterocycles. The van der Waals surface area contributed by atoms with Crippen LogP contribution in [0.4, 0.5) is 0 Å².